The Morgan fingerprint density at radius 2 is 1.45 bits per heavy atom. The molecule has 0 aliphatic heterocycles. The molecule has 1 fully saturated rings. The number of likely N-dealkylation sites (N-methyl/N-ethyl adjacent to an activating group) is 2. The number of carbonyl (C=O) groups is 3. The van der Waals surface area contributed by atoms with Crippen molar-refractivity contribution in [3.63, 3.8) is 0 Å². The fourth-order valence-corrected chi connectivity index (χ4v) is 6.26. The zero-order valence-corrected chi connectivity index (χ0v) is 28.1. The molecule has 1 aliphatic carbocycles. The fourth-order valence-electron chi connectivity index (χ4n) is 6.26. The van der Waals surface area contributed by atoms with E-state index in [1.54, 1.807) is 13.1 Å². The molecule has 5 rings (SSSR count). The van der Waals surface area contributed by atoms with E-state index in [2.05, 4.69) is 5.32 Å². The molecule has 9 heteroatoms. The second kappa shape index (κ2) is 16.0. The van der Waals surface area contributed by atoms with E-state index < -0.39 is 35.5 Å². The van der Waals surface area contributed by atoms with Gasteiger partial charge in [0.2, 0.25) is 17.7 Å². The highest BCUT2D eigenvalue weighted by Gasteiger charge is 2.35. The van der Waals surface area contributed by atoms with Crippen molar-refractivity contribution < 1.29 is 23.2 Å². The predicted octanol–water partition coefficient (Wildman–Crippen LogP) is 5.74. The van der Waals surface area contributed by atoms with Gasteiger partial charge in [0.05, 0.1) is 0 Å². The summed E-state index contributed by atoms with van der Waals surface area (Å²) in [6, 6.07) is 24.9. The number of hydrogen-bond donors (Lipinski definition) is 2. The van der Waals surface area contributed by atoms with E-state index in [1.165, 1.54) is 29.0 Å². The summed E-state index contributed by atoms with van der Waals surface area (Å²) in [5, 5.41) is 4.96. The molecular weight excluding hydrogens is 622 g/mol. The van der Waals surface area contributed by atoms with E-state index >= 15 is 0 Å². The lowest BCUT2D eigenvalue weighted by Gasteiger charge is -2.37. The molecule has 256 valence electrons. The van der Waals surface area contributed by atoms with Gasteiger partial charge in [-0.25, -0.2) is 8.78 Å². The van der Waals surface area contributed by atoms with Crippen LogP contribution in [0, 0.1) is 11.6 Å². The number of halogens is 2. The van der Waals surface area contributed by atoms with Gasteiger partial charge in [-0.15, -0.1) is 0 Å². The average molecular weight is 667 g/mol. The Morgan fingerprint density at radius 1 is 0.796 bits per heavy atom. The average Bonchev–Trinajstić information content (AvgIpc) is 3.09. The number of amides is 3. The van der Waals surface area contributed by atoms with E-state index in [-0.39, 0.29) is 24.3 Å². The number of benzene rings is 4. The van der Waals surface area contributed by atoms with Crippen LogP contribution in [-0.4, -0.2) is 65.8 Å². The Morgan fingerprint density at radius 3 is 2.14 bits per heavy atom. The molecule has 0 radical (unpaired) electrons. The number of fused-ring (bicyclic) bond motifs is 1. The number of hydrogen-bond acceptors (Lipinski definition) is 4. The van der Waals surface area contributed by atoms with Gasteiger partial charge in [0.25, 0.3) is 0 Å². The van der Waals surface area contributed by atoms with E-state index in [0.29, 0.717) is 24.9 Å². The van der Waals surface area contributed by atoms with Crippen LogP contribution in [0.4, 0.5) is 8.78 Å². The molecule has 3 N–H and O–H groups in total. The van der Waals surface area contributed by atoms with Gasteiger partial charge in [-0.3, -0.25) is 14.4 Å². The lowest BCUT2D eigenvalue weighted by atomic mass is 9.75. The van der Waals surface area contributed by atoms with E-state index in [0.717, 1.165) is 53.3 Å². The summed E-state index contributed by atoms with van der Waals surface area (Å²) in [5.74, 6) is -3.30. The molecule has 0 saturated heterocycles. The van der Waals surface area contributed by atoms with Gasteiger partial charge in [0.15, 0.2) is 11.6 Å². The van der Waals surface area contributed by atoms with Crippen molar-refractivity contribution >= 4 is 28.5 Å². The highest BCUT2D eigenvalue weighted by molar-refractivity contribution is 5.95. The van der Waals surface area contributed by atoms with Crippen molar-refractivity contribution in [2.45, 2.75) is 62.6 Å². The monoisotopic (exact) mass is 666 g/mol. The normalized spacial score (nSPS) is 15.0. The lowest BCUT2D eigenvalue weighted by Crippen LogP contribution is -2.56. The quantitative estimate of drug-likeness (QED) is 0.168. The molecular formula is C40H44F2N4O3. The van der Waals surface area contributed by atoms with Gasteiger partial charge in [-0.2, -0.15) is 0 Å². The third-order valence-corrected chi connectivity index (χ3v) is 9.56. The third kappa shape index (κ3) is 9.18. The van der Waals surface area contributed by atoms with Gasteiger partial charge in [-0.1, -0.05) is 84.9 Å². The van der Waals surface area contributed by atoms with Crippen LogP contribution in [0.3, 0.4) is 0 Å². The SMILES string of the molecule is CN(C(=O)/C=C/CC1(N)CCC1)[C@H](Cc1ccc2ccccc2c1)C(=O)N(C)[C@H](Cc1ccc(F)c(F)c1)C(=O)NCCc1ccccc1. The van der Waals surface area contributed by atoms with Crippen molar-refractivity contribution in [2.75, 3.05) is 20.6 Å². The molecule has 2 atom stereocenters. The highest BCUT2D eigenvalue weighted by atomic mass is 19.2. The molecule has 7 nitrogen and oxygen atoms in total. The summed E-state index contributed by atoms with van der Waals surface area (Å²) in [6.07, 6.45) is 7.37. The van der Waals surface area contributed by atoms with E-state index in [4.69, 9.17) is 5.73 Å². The standard InChI is InChI=1S/C40H44F2N4O3/c1-45(37(47)14-8-20-40(43)21-9-22-40)36(27-29-15-17-31-12-6-7-13-32(31)24-29)39(49)46(2)35(26-30-16-18-33(41)34(42)25-30)38(48)44-23-19-28-10-4-3-5-11-28/h3-8,10-18,24-25,35-36H,9,19-23,26-27,43H2,1-2H3,(H,44,48)/b14-8+/t35-,36-/m1/s1. The molecule has 1 saturated carbocycles. The van der Waals surface area contributed by atoms with Crippen molar-refractivity contribution in [3.8, 4) is 0 Å². The summed E-state index contributed by atoms with van der Waals surface area (Å²) >= 11 is 0. The van der Waals surface area contributed by atoms with Crippen molar-refractivity contribution in [1.29, 1.82) is 0 Å². The molecule has 1 aliphatic rings. The third-order valence-electron chi connectivity index (χ3n) is 9.56. The maximum absolute atomic E-state index is 14.5. The Labute approximate surface area is 286 Å². The Hall–Kier alpha value is -4.89. The van der Waals surface area contributed by atoms with Crippen molar-refractivity contribution in [1.82, 2.24) is 15.1 Å². The van der Waals surface area contributed by atoms with Crippen LogP contribution < -0.4 is 11.1 Å². The maximum atomic E-state index is 14.5. The van der Waals surface area contributed by atoms with Crippen LogP contribution in [0.5, 0.6) is 0 Å². The van der Waals surface area contributed by atoms with E-state index in [1.807, 2.05) is 72.8 Å². The van der Waals surface area contributed by atoms with Crippen LogP contribution in [0.25, 0.3) is 10.8 Å². The summed E-state index contributed by atoms with van der Waals surface area (Å²) in [4.78, 5) is 44.5. The fraction of sp³-hybridized carbons (Fsp3) is 0.325. The molecule has 4 aromatic carbocycles. The van der Waals surface area contributed by atoms with Crippen LogP contribution in [-0.2, 0) is 33.6 Å². The molecule has 0 bridgehead atoms. The highest BCUT2D eigenvalue weighted by Crippen LogP contribution is 2.32. The van der Waals surface area contributed by atoms with Gasteiger partial charge in [0, 0.05) is 39.0 Å². The minimum absolute atomic E-state index is 0.0601. The maximum Gasteiger partial charge on any atom is 0.246 e. The van der Waals surface area contributed by atoms with E-state index in [9.17, 15) is 23.2 Å². The van der Waals surface area contributed by atoms with Gasteiger partial charge in [-0.05, 0) is 77.8 Å². The lowest BCUT2D eigenvalue weighted by molar-refractivity contribution is -0.146. The van der Waals surface area contributed by atoms with Crippen LogP contribution in [0.15, 0.2) is 103 Å². The molecule has 0 spiro atoms. The van der Waals surface area contributed by atoms with Gasteiger partial charge >= 0.3 is 0 Å². The Bertz CT molecular complexity index is 1810. The Balaban J connectivity index is 1.41. The number of nitrogens with zero attached hydrogens (tertiary/aromatic N) is 2. The molecule has 3 amide bonds. The summed E-state index contributed by atoms with van der Waals surface area (Å²) in [6.45, 7) is 0.311. The molecule has 0 aromatic heterocycles. The first-order chi connectivity index (χ1) is 23.5. The second-order valence-electron chi connectivity index (χ2n) is 13.1. The second-order valence-corrected chi connectivity index (χ2v) is 13.1. The van der Waals surface area contributed by atoms with Crippen molar-refractivity contribution in [2.24, 2.45) is 5.73 Å². The predicted molar refractivity (Wildman–Crippen MR) is 189 cm³/mol. The summed E-state index contributed by atoms with van der Waals surface area (Å²) in [5.41, 5.74) is 8.29. The topological polar surface area (TPSA) is 95.7 Å². The molecule has 49 heavy (non-hydrogen) atoms. The minimum atomic E-state index is -1.07. The largest absolute Gasteiger partial charge is 0.354 e. The molecule has 4 aromatic rings. The van der Waals surface area contributed by atoms with Crippen LogP contribution in [0.1, 0.15) is 42.4 Å². The zero-order chi connectivity index (χ0) is 35.0. The van der Waals surface area contributed by atoms with Crippen LogP contribution in [0.2, 0.25) is 0 Å². The molecule has 0 unspecified atom stereocenters. The van der Waals surface area contributed by atoms with Gasteiger partial charge < -0.3 is 20.9 Å². The minimum Gasteiger partial charge on any atom is -0.354 e. The Kier molecular flexibility index (Phi) is 11.6. The molecule has 0 heterocycles. The number of rotatable bonds is 14. The van der Waals surface area contributed by atoms with Crippen molar-refractivity contribution in [3.05, 3.63) is 131 Å². The summed E-state index contributed by atoms with van der Waals surface area (Å²) in [7, 11) is 3.09. The number of carbonyl (C=O) groups excluding carboxylic acids is 3. The van der Waals surface area contributed by atoms with Crippen LogP contribution >= 0.6 is 0 Å². The number of nitrogens with two attached hydrogens (primary N) is 1. The zero-order valence-electron chi connectivity index (χ0n) is 28.1. The smallest absolute Gasteiger partial charge is 0.246 e. The first-order valence-corrected chi connectivity index (χ1v) is 16.8. The summed E-state index contributed by atoms with van der Waals surface area (Å²) < 4.78 is 28.0. The first kappa shape index (κ1) is 35.4. The van der Waals surface area contributed by atoms with Gasteiger partial charge in [0.1, 0.15) is 12.1 Å². The number of nitrogens with one attached hydrogen (secondary N) is 1. The first-order valence-electron chi connectivity index (χ1n) is 16.8.